The zero-order chi connectivity index (χ0) is 5.70. The highest BCUT2D eigenvalue weighted by atomic mass is 79.9. The van der Waals surface area contributed by atoms with Crippen molar-refractivity contribution in [3.8, 4) is 0 Å². The molecule has 1 nitrogen and oxygen atoms in total. The molecule has 40 valence electrons. The lowest BCUT2D eigenvalue weighted by atomic mass is 10.3. The van der Waals surface area contributed by atoms with Crippen LogP contribution in [0.25, 0.3) is 0 Å². The van der Waals surface area contributed by atoms with Gasteiger partial charge in [-0.2, -0.15) is 0 Å². The van der Waals surface area contributed by atoms with E-state index in [4.69, 9.17) is 0 Å². The Morgan fingerprint density at radius 2 is 2.43 bits per heavy atom. The Morgan fingerprint density at radius 1 is 1.86 bits per heavy atom. The smallest absolute Gasteiger partial charge is 0.145 e. The highest BCUT2D eigenvalue weighted by Gasteiger charge is 1.84. The van der Waals surface area contributed by atoms with Gasteiger partial charge in [-0.15, -0.1) is 0 Å². The fourth-order valence-electron chi connectivity index (χ4n) is 0.180. The summed E-state index contributed by atoms with van der Waals surface area (Å²) in [5, 5.41) is 0.824. The van der Waals surface area contributed by atoms with Gasteiger partial charge in [0.15, 0.2) is 0 Å². The quantitative estimate of drug-likeness (QED) is 0.350. The molecule has 0 aromatic rings. The standard InChI is InChI=1S/C5H7BrO/c1-5(4-7)2-3-6/h4H,1-3H2. The lowest BCUT2D eigenvalue weighted by molar-refractivity contribution is -0.105. The summed E-state index contributed by atoms with van der Waals surface area (Å²) >= 11 is 3.17. The topological polar surface area (TPSA) is 17.1 Å². The van der Waals surface area contributed by atoms with Gasteiger partial charge in [0.05, 0.1) is 0 Å². The molecular weight excluding hydrogens is 156 g/mol. The molecule has 0 radical (unpaired) electrons. The van der Waals surface area contributed by atoms with Crippen LogP contribution in [0.1, 0.15) is 6.42 Å². The Kier molecular flexibility index (Phi) is 4.00. The predicted molar refractivity (Wildman–Crippen MR) is 33.6 cm³/mol. The van der Waals surface area contributed by atoms with E-state index in [-0.39, 0.29) is 0 Å². The number of carbonyl (C=O) groups is 1. The van der Waals surface area contributed by atoms with Crippen LogP contribution in [0, 0.1) is 0 Å². The van der Waals surface area contributed by atoms with E-state index >= 15 is 0 Å². The molecule has 0 heterocycles. The van der Waals surface area contributed by atoms with Crippen LogP contribution in [0.15, 0.2) is 12.2 Å². The van der Waals surface area contributed by atoms with Crippen LogP contribution >= 0.6 is 15.9 Å². The first-order chi connectivity index (χ1) is 3.31. The van der Waals surface area contributed by atoms with Gasteiger partial charge < -0.3 is 0 Å². The SMILES string of the molecule is C=C(C=O)CCBr. The monoisotopic (exact) mass is 162 g/mol. The number of allylic oxidation sites excluding steroid dienone is 1. The average Bonchev–Trinajstić information content (AvgIpc) is 1.68. The number of halogens is 1. The molecule has 0 aliphatic carbocycles. The van der Waals surface area contributed by atoms with Crippen molar-refractivity contribution in [3.05, 3.63) is 12.2 Å². The summed E-state index contributed by atoms with van der Waals surface area (Å²) in [4.78, 5) is 9.77. The Labute approximate surface area is 51.5 Å². The van der Waals surface area contributed by atoms with Gasteiger partial charge in [0.2, 0.25) is 0 Å². The highest BCUT2D eigenvalue weighted by Crippen LogP contribution is 1.95. The number of carbonyl (C=O) groups excluding carboxylic acids is 1. The van der Waals surface area contributed by atoms with Crippen LogP contribution in [0.4, 0.5) is 0 Å². The molecule has 0 saturated carbocycles. The van der Waals surface area contributed by atoms with Crippen molar-refractivity contribution < 1.29 is 4.79 Å². The van der Waals surface area contributed by atoms with Crippen LogP contribution in [0.2, 0.25) is 0 Å². The van der Waals surface area contributed by atoms with Gasteiger partial charge in [-0.05, 0) is 12.0 Å². The summed E-state index contributed by atoms with van der Waals surface area (Å²) in [6, 6.07) is 0. The van der Waals surface area contributed by atoms with Gasteiger partial charge in [-0.1, -0.05) is 22.5 Å². The number of rotatable bonds is 3. The first-order valence-corrected chi connectivity index (χ1v) is 3.12. The molecule has 2 heteroatoms. The first-order valence-electron chi connectivity index (χ1n) is 2.00. The van der Waals surface area contributed by atoms with Gasteiger partial charge in [-0.25, -0.2) is 0 Å². The fourth-order valence-corrected chi connectivity index (χ4v) is 0.690. The van der Waals surface area contributed by atoms with Crippen LogP contribution in [0.3, 0.4) is 0 Å². The molecule has 0 spiro atoms. The third kappa shape index (κ3) is 3.73. The van der Waals surface area contributed by atoms with Crippen molar-refractivity contribution in [2.75, 3.05) is 5.33 Å². The minimum atomic E-state index is 0.650. The number of alkyl halides is 1. The van der Waals surface area contributed by atoms with Crippen LogP contribution in [0.5, 0.6) is 0 Å². The zero-order valence-corrected chi connectivity index (χ0v) is 5.57. The van der Waals surface area contributed by atoms with E-state index in [1.54, 1.807) is 0 Å². The summed E-state index contributed by atoms with van der Waals surface area (Å²) in [7, 11) is 0. The Bertz CT molecular complexity index is 78.1. The van der Waals surface area contributed by atoms with Gasteiger partial charge in [-0.3, -0.25) is 4.79 Å². The maximum Gasteiger partial charge on any atom is 0.145 e. The molecule has 0 bridgehead atoms. The molecule has 0 aliphatic rings. The van der Waals surface area contributed by atoms with Gasteiger partial charge in [0, 0.05) is 5.33 Å². The summed E-state index contributed by atoms with van der Waals surface area (Å²) in [5.41, 5.74) is 0.650. The molecule has 0 aliphatic heterocycles. The molecule has 0 rings (SSSR count). The maximum atomic E-state index is 9.77. The lowest BCUT2D eigenvalue weighted by Crippen LogP contribution is -1.80. The van der Waals surface area contributed by atoms with Crippen LogP contribution in [-0.2, 0) is 4.79 Å². The third-order valence-corrected chi connectivity index (χ3v) is 0.979. The Morgan fingerprint density at radius 3 is 2.57 bits per heavy atom. The molecule has 0 unspecified atom stereocenters. The number of aldehydes is 1. The average molecular weight is 163 g/mol. The number of hydrogen-bond donors (Lipinski definition) is 0. The van der Waals surface area contributed by atoms with E-state index in [0.29, 0.717) is 5.57 Å². The predicted octanol–water partition coefficient (Wildman–Crippen LogP) is 1.53. The minimum absolute atomic E-state index is 0.650. The highest BCUT2D eigenvalue weighted by molar-refractivity contribution is 9.09. The van der Waals surface area contributed by atoms with Crippen molar-refractivity contribution in [3.63, 3.8) is 0 Å². The molecule has 7 heavy (non-hydrogen) atoms. The molecule has 0 aromatic carbocycles. The summed E-state index contributed by atoms with van der Waals surface area (Å²) < 4.78 is 0. The normalized spacial score (nSPS) is 8.14. The molecule has 0 N–H and O–H groups in total. The second kappa shape index (κ2) is 4.06. The summed E-state index contributed by atoms with van der Waals surface area (Å²) in [5.74, 6) is 0. The van der Waals surface area contributed by atoms with Crippen LogP contribution < -0.4 is 0 Å². The molecule has 0 amide bonds. The second-order valence-electron chi connectivity index (χ2n) is 1.22. The largest absolute Gasteiger partial charge is 0.298 e. The second-order valence-corrected chi connectivity index (χ2v) is 2.01. The van der Waals surface area contributed by atoms with Crippen LogP contribution in [-0.4, -0.2) is 11.6 Å². The minimum Gasteiger partial charge on any atom is -0.298 e. The first kappa shape index (κ1) is 6.89. The Hall–Kier alpha value is -0.110. The van der Waals surface area contributed by atoms with Gasteiger partial charge in [0.1, 0.15) is 6.29 Å². The van der Waals surface area contributed by atoms with Crippen molar-refractivity contribution in [1.29, 1.82) is 0 Å². The van der Waals surface area contributed by atoms with E-state index in [1.165, 1.54) is 0 Å². The van der Waals surface area contributed by atoms with Crippen molar-refractivity contribution in [2.24, 2.45) is 0 Å². The molecule has 0 atom stereocenters. The van der Waals surface area contributed by atoms with Crippen molar-refractivity contribution >= 4 is 22.2 Å². The zero-order valence-electron chi connectivity index (χ0n) is 3.98. The molecular formula is C5H7BrO. The summed E-state index contributed by atoms with van der Waals surface area (Å²) in [6.07, 6.45) is 1.53. The molecule has 0 fully saturated rings. The van der Waals surface area contributed by atoms with Crippen molar-refractivity contribution in [2.45, 2.75) is 6.42 Å². The number of hydrogen-bond acceptors (Lipinski definition) is 1. The molecule has 0 aromatic heterocycles. The Balaban J connectivity index is 3.17. The lowest BCUT2D eigenvalue weighted by Gasteiger charge is -1.85. The molecule has 0 saturated heterocycles. The van der Waals surface area contributed by atoms with E-state index in [0.717, 1.165) is 18.0 Å². The van der Waals surface area contributed by atoms with Gasteiger partial charge >= 0.3 is 0 Å². The van der Waals surface area contributed by atoms with Gasteiger partial charge in [0.25, 0.3) is 0 Å². The fraction of sp³-hybridized carbons (Fsp3) is 0.400. The van der Waals surface area contributed by atoms with E-state index in [9.17, 15) is 4.79 Å². The maximum absolute atomic E-state index is 9.77. The van der Waals surface area contributed by atoms with E-state index in [1.807, 2.05) is 0 Å². The van der Waals surface area contributed by atoms with E-state index in [2.05, 4.69) is 22.5 Å². The van der Waals surface area contributed by atoms with Crippen molar-refractivity contribution in [1.82, 2.24) is 0 Å². The summed E-state index contributed by atoms with van der Waals surface area (Å²) in [6.45, 7) is 3.46. The third-order valence-electron chi connectivity index (χ3n) is 0.582. The van der Waals surface area contributed by atoms with E-state index < -0.39 is 0 Å².